The quantitative estimate of drug-likeness (QED) is 0.533. The number of aromatic amines is 2. The first-order valence-electron chi connectivity index (χ1n) is 10.0. The Morgan fingerprint density at radius 2 is 1.46 bits per heavy atom. The van der Waals surface area contributed by atoms with E-state index in [-0.39, 0.29) is 0 Å². The van der Waals surface area contributed by atoms with Crippen LogP contribution in [0.25, 0.3) is 11.3 Å². The van der Waals surface area contributed by atoms with Gasteiger partial charge in [0.2, 0.25) is 0 Å². The number of nitrogens with zero attached hydrogens (tertiary/aromatic N) is 2. The Hall–Kier alpha value is -2.88. The number of imidazole rings is 2. The summed E-state index contributed by atoms with van der Waals surface area (Å²) >= 11 is 0. The van der Waals surface area contributed by atoms with Gasteiger partial charge >= 0.3 is 0 Å². The topological polar surface area (TPSA) is 81.4 Å². The van der Waals surface area contributed by atoms with Gasteiger partial charge in [0.05, 0.1) is 30.2 Å². The van der Waals surface area contributed by atoms with Crippen molar-refractivity contribution in [2.24, 2.45) is 0 Å². The Kier molecular flexibility index (Phi) is 4.69. The molecule has 142 valence electrons. The molecule has 5 rings (SSSR count). The van der Waals surface area contributed by atoms with Crippen molar-refractivity contribution in [3.05, 3.63) is 59.6 Å². The largest absolute Gasteiger partial charge is 0.341 e. The van der Waals surface area contributed by atoms with Crippen molar-refractivity contribution in [3.8, 4) is 23.1 Å². The zero-order valence-electron chi connectivity index (χ0n) is 15.8. The lowest BCUT2D eigenvalue weighted by Gasteiger charge is -2.05. The van der Waals surface area contributed by atoms with Crippen LogP contribution in [0.15, 0.2) is 36.7 Å². The normalized spacial score (nSPS) is 21.6. The lowest BCUT2D eigenvalue weighted by atomic mass is 10.1. The predicted molar refractivity (Wildman–Crippen MR) is 109 cm³/mol. The number of H-pyrrole nitrogens is 2. The van der Waals surface area contributed by atoms with Crippen LogP contribution in [0, 0.1) is 11.8 Å². The van der Waals surface area contributed by atoms with Crippen LogP contribution < -0.4 is 10.6 Å². The molecule has 28 heavy (non-hydrogen) atoms. The monoisotopic (exact) mass is 372 g/mol. The van der Waals surface area contributed by atoms with Crippen molar-refractivity contribution < 1.29 is 0 Å². The molecule has 1 aromatic carbocycles. The molecule has 0 aliphatic carbocycles. The molecule has 3 aromatic rings. The maximum Gasteiger partial charge on any atom is 0.124 e. The minimum Gasteiger partial charge on any atom is -0.341 e. The van der Waals surface area contributed by atoms with Gasteiger partial charge in [0.15, 0.2) is 0 Å². The van der Waals surface area contributed by atoms with Crippen LogP contribution in [-0.2, 0) is 0 Å². The molecule has 4 N–H and O–H groups in total. The Balaban J connectivity index is 1.27. The summed E-state index contributed by atoms with van der Waals surface area (Å²) in [6.07, 6.45) is 8.43. The van der Waals surface area contributed by atoms with Gasteiger partial charge in [-0.2, -0.15) is 0 Å². The molecule has 2 aromatic heterocycles. The van der Waals surface area contributed by atoms with Gasteiger partial charge in [-0.05, 0) is 62.4 Å². The Labute approximate surface area is 164 Å². The second-order valence-corrected chi connectivity index (χ2v) is 7.49. The van der Waals surface area contributed by atoms with E-state index >= 15 is 0 Å². The molecule has 2 aliphatic rings. The van der Waals surface area contributed by atoms with Crippen LogP contribution >= 0.6 is 0 Å². The fraction of sp³-hybridized carbons (Fsp3) is 0.364. The third kappa shape index (κ3) is 3.59. The molecule has 1 unspecified atom stereocenters. The van der Waals surface area contributed by atoms with E-state index in [1.165, 1.54) is 12.8 Å². The second kappa shape index (κ2) is 7.63. The van der Waals surface area contributed by atoms with Gasteiger partial charge in [0.25, 0.3) is 0 Å². The van der Waals surface area contributed by atoms with Gasteiger partial charge in [-0.1, -0.05) is 18.1 Å². The van der Waals surface area contributed by atoms with Gasteiger partial charge in [-0.15, -0.1) is 0 Å². The summed E-state index contributed by atoms with van der Waals surface area (Å²) in [5.74, 6) is 8.42. The summed E-state index contributed by atoms with van der Waals surface area (Å²) in [6, 6.07) is 8.97. The Morgan fingerprint density at radius 3 is 2.14 bits per heavy atom. The standard InChI is InChI=1S/C22H24N6/c1-3-18(23-11-1)21-25-13-17(27-21)10-7-15-5-8-16(9-6-15)20-14-26-22(28-20)19-4-2-12-24-19/h5-6,8-9,13-14,18-19,23-24H,1-4,11-12H2,(H,25,27)(H,26,28)/t18?,19-/m0/s1. The van der Waals surface area contributed by atoms with Crippen molar-refractivity contribution in [2.75, 3.05) is 13.1 Å². The number of hydrogen-bond donors (Lipinski definition) is 4. The smallest absolute Gasteiger partial charge is 0.124 e. The van der Waals surface area contributed by atoms with E-state index < -0.39 is 0 Å². The lowest BCUT2D eigenvalue weighted by molar-refractivity contribution is 0.612. The molecule has 0 spiro atoms. The molecule has 2 fully saturated rings. The van der Waals surface area contributed by atoms with Crippen LogP contribution in [0.3, 0.4) is 0 Å². The molecule has 4 heterocycles. The second-order valence-electron chi connectivity index (χ2n) is 7.49. The van der Waals surface area contributed by atoms with Gasteiger partial charge in [0.1, 0.15) is 17.3 Å². The predicted octanol–water partition coefficient (Wildman–Crippen LogP) is 3.05. The van der Waals surface area contributed by atoms with E-state index in [0.717, 1.165) is 60.1 Å². The molecule has 0 saturated carbocycles. The van der Waals surface area contributed by atoms with Crippen LogP contribution in [0.4, 0.5) is 0 Å². The number of benzene rings is 1. The molecule has 2 atom stereocenters. The average molecular weight is 372 g/mol. The first-order chi connectivity index (χ1) is 13.8. The lowest BCUT2D eigenvalue weighted by Crippen LogP contribution is -2.14. The van der Waals surface area contributed by atoms with Crippen molar-refractivity contribution >= 4 is 0 Å². The number of rotatable bonds is 3. The Bertz CT molecular complexity index is 992. The number of hydrogen-bond acceptors (Lipinski definition) is 4. The maximum atomic E-state index is 4.55. The third-order valence-corrected chi connectivity index (χ3v) is 5.51. The van der Waals surface area contributed by atoms with Crippen LogP contribution in [0.1, 0.15) is 60.7 Å². The van der Waals surface area contributed by atoms with Crippen molar-refractivity contribution in [2.45, 2.75) is 37.8 Å². The van der Waals surface area contributed by atoms with E-state index in [9.17, 15) is 0 Å². The van der Waals surface area contributed by atoms with E-state index in [0.29, 0.717) is 12.1 Å². The molecular weight excluding hydrogens is 348 g/mol. The molecule has 6 heteroatoms. The fourth-order valence-electron chi connectivity index (χ4n) is 3.95. The van der Waals surface area contributed by atoms with Crippen LogP contribution in [0.2, 0.25) is 0 Å². The van der Waals surface area contributed by atoms with E-state index in [2.05, 4.69) is 54.5 Å². The van der Waals surface area contributed by atoms with Crippen molar-refractivity contribution in [1.82, 2.24) is 30.6 Å². The highest BCUT2D eigenvalue weighted by atomic mass is 15.0. The van der Waals surface area contributed by atoms with Gasteiger partial charge < -0.3 is 20.6 Å². The van der Waals surface area contributed by atoms with Gasteiger partial charge in [-0.25, -0.2) is 9.97 Å². The summed E-state index contributed by atoms with van der Waals surface area (Å²) in [5.41, 5.74) is 4.01. The summed E-state index contributed by atoms with van der Waals surface area (Å²) in [6.45, 7) is 2.14. The molecule has 2 saturated heterocycles. The van der Waals surface area contributed by atoms with Crippen molar-refractivity contribution in [3.63, 3.8) is 0 Å². The molecular formula is C22H24N6. The number of nitrogens with one attached hydrogen (secondary N) is 4. The third-order valence-electron chi connectivity index (χ3n) is 5.51. The van der Waals surface area contributed by atoms with Crippen LogP contribution in [-0.4, -0.2) is 33.0 Å². The molecule has 0 radical (unpaired) electrons. The first-order valence-corrected chi connectivity index (χ1v) is 10.0. The molecule has 0 bridgehead atoms. The molecule has 6 nitrogen and oxygen atoms in total. The molecule has 2 aliphatic heterocycles. The van der Waals surface area contributed by atoms with E-state index in [4.69, 9.17) is 0 Å². The maximum absolute atomic E-state index is 4.55. The SMILES string of the molecule is C(#Cc1cnc(C2CCCN2)[nH]1)c1ccc(-c2cnc([C@@H]3CCCN3)[nH]2)cc1. The minimum absolute atomic E-state index is 0.341. The zero-order valence-corrected chi connectivity index (χ0v) is 15.8. The number of aromatic nitrogens is 4. The molecule has 0 amide bonds. The summed E-state index contributed by atoms with van der Waals surface area (Å²) in [7, 11) is 0. The summed E-state index contributed by atoms with van der Waals surface area (Å²) in [4.78, 5) is 15.8. The highest BCUT2D eigenvalue weighted by Crippen LogP contribution is 2.24. The average Bonchev–Trinajstić information content (AvgIpc) is 3.53. The first kappa shape index (κ1) is 17.2. The van der Waals surface area contributed by atoms with Gasteiger partial charge in [-0.3, -0.25) is 0 Å². The zero-order chi connectivity index (χ0) is 18.8. The fourth-order valence-corrected chi connectivity index (χ4v) is 3.95. The summed E-state index contributed by atoms with van der Waals surface area (Å²) < 4.78 is 0. The summed E-state index contributed by atoms with van der Waals surface area (Å²) in [5, 5.41) is 6.92. The minimum atomic E-state index is 0.341. The van der Waals surface area contributed by atoms with E-state index in [1.807, 2.05) is 24.5 Å². The van der Waals surface area contributed by atoms with Crippen LogP contribution in [0.5, 0.6) is 0 Å². The highest BCUT2D eigenvalue weighted by Gasteiger charge is 2.19. The van der Waals surface area contributed by atoms with E-state index in [1.54, 1.807) is 0 Å². The van der Waals surface area contributed by atoms with Gasteiger partial charge in [0, 0.05) is 5.56 Å². The highest BCUT2D eigenvalue weighted by molar-refractivity contribution is 5.60. The Morgan fingerprint density at radius 1 is 0.786 bits per heavy atom. The van der Waals surface area contributed by atoms with Crippen molar-refractivity contribution in [1.29, 1.82) is 0 Å².